The second kappa shape index (κ2) is 6.98. The van der Waals surface area contributed by atoms with Crippen molar-refractivity contribution in [3.63, 3.8) is 0 Å². The number of ether oxygens (including phenoxy) is 1. The van der Waals surface area contributed by atoms with Gasteiger partial charge in [-0.2, -0.15) is 0 Å². The summed E-state index contributed by atoms with van der Waals surface area (Å²) >= 11 is 6.08. The van der Waals surface area contributed by atoms with Crippen molar-refractivity contribution in [3.8, 4) is 0 Å². The lowest BCUT2D eigenvalue weighted by molar-refractivity contribution is 0.102. The third-order valence-corrected chi connectivity index (χ3v) is 4.28. The van der Waals surface area contributed by atoms with E-state index < -0.39 is 0 Å². The van der Waals surface area contributed by atoms with Gasteiger partial charge in [0.1, 0.15) is 5.69 Å². The van der Waals surface area contributed by atoms with Crippen molar-refractivity contribution in [2.45, 2.75) is 6.92 Å². The molecule has 0 spiro atoms. The van der Waals surface area contributed by atoms with Crippen LogP contribution in [0.15, 0.2) is 36.5 Å². The van der Waals surface area contributed by atoms with Crippen molar-refractivity contribution in [1.29, 1.82) is 0 Å². The first kappa shape index (κ1) is 15.8. The fraction of sp³-hybridized carbons (Fsp3) is 0.294. The summed E-state index contributed by atoms with van der Waals surface area (Å²) in [6, 6.07) is 9.14. The van der Waals surface area contributed by atoms with E-state index in [1.54, 1.807) is 18.3 Å². The van der Waals surface area contributed by atoms with Gasteiger partial charge in [0.2, 0.25) is 0 Å². The molecule has 0 unspecified atom stereocenters. The van der Waals surface area contributed by atoms with Gasteiger partial charge in [-0.1, -0.05) is 17.7 Å². The number of anilines is 2. The van der Waals surface area contributed by atoms with E-state index >= 15 is 0 Å². The monoisotopic (exact) mass is 331 g/mol. The van der Waals surface area contributed by atoms with Crippen LogP contribution in [0.1, 0.15) is 16.1 Å². The lowest BCUT2D eigenvalue weighted by atomic mass is 10.2. The van der Waals surface area contributed by atoms with Gasteiger partial charge >= 0.3 is 0 Å². The number of hydrogen-bond acceptors (Lipinski definition) is 4. The first-order valence-corrected chi connectivity index (χ1v) is 7.88. The summed E-state index contributed by atoms with van der Waals surface area (Å²) in [5.41, 5.74) is 2.90. The van der Waals surface area contributed by atoms with Gasteiger partial charge in [0.15, 0.2) is 0 Å². The molecule has 1 aliphatic heterocycles. The van der Waals surface area contributed by atoms with Crippen LogP contribution in [0, 0.1) is 6.92 Å². The number of hydrogen-bond donors (Lipinski definition) is 1. The smallest absolute Gasteiger partial charge is 0.274 e. The molecule has 23 heavy (non-hydrogen) atoms. The Kier molecular flexibility index (Phi) is 4.79. The minimum absolute atomic E-state index is 0.245. The van der Waals surface area contributed by atoms with Gasteiger partial charge in [0.25, 0.3) is 5.91 Å². The number of carbonyl (C=O) groups excluding carboxylic acids is 1. The number of rotatable bonds is 3. The molecule has 2 heterocycles. The molecule has 6 heteroatoms. The van der Waals surface area contributed by atoms with E-state index in [1.165, 1.54) is 0 Å². The minimum Gasteiger partial charge on any atom is -0.378 e. The lowest BCUT2D eigenvalue weighted by Gasteiger charge is -2.28. The highest BCUT2D eigenvalue weighted by Gasteiger charge is 2.15. The van der Waals surface area contributed by atoms with Gasteiger partial charge < -0.3 is 15.0 Å². The Morgan fingerprint density at radius 3 is 2.87 bits per heavy atom. The Morgan fingerprint density at radius 2 is 2.09 bits per heavy atom. The van der Waals surface area contributed by atoms with Crippen LogP contribution in [0.25, 0.3) is 0 Å². The SMILES string of the molecule is Cc1c(Cl)cccc1NC(=O)c1cc(N2CCOCC2)ccn1. The standard InChI is InChI=1S/C17H18ClN3O2/c1-12-14(18)3-2-4-15(12)20-17(22)16-11-13(5-6-19-16)21-7-9-23-10-8-21/h2-6,11H,7-10H2,1H3,(H,20,22). The summed E-state index contributed by atoms with van der Waals surface area (Å²) in [7, 11) is 0. The summed E-state index contributed by atoms with van der Waals surface area (Å²) in [6.07, 6.45) is 1.66. The quantitative estimate of drug-likeness (QED) is 0.938. The van der Waals surface area contributed by atoms with E-state index in [9.17, 15) is 4.79 Å². The summed E-state index contributed by atoms with van der Waals surface area (Å²) in [6.45, 7) is 4.91. The molecule has 0 saturated carbocycles. The molecule has 1 amide bonds. The summed E-state index contributed by atoms with van der Waals surface area (Å²) in [5.74, 6) is -0.245. The number of morpholine rings is 1. The zero-order valence-electron chi connectivity index (χ0n) is 12.9. The average molecular weight is 332 g/mol. The lowest BCUT2D eigenvalue weighted by Crippen LogP contribution is -2.36. The zero-order valence-corrected chi connectivity index (χ0v) is 13.6. The third kappa shape index (κ3) is 3.63. The first-order valence-electron chi connectivity index (χ1n) is 7.50. The maximum atomic E-state index is 12.5. The Labute approximate surface area is 140 Å². The predicted octanol–water partition coefficient (Wildman–Crippen LogP) is 3.13. The predicted molar refractivity (Wildman–Crippen MR) is 91.4 cm³/mol. The highest BCUT2D eigenvalue weighted by atomic mass is 35.5. The van der Waals surface area contributed by atoms with Crippen LogP contribution in [0.4, 0.5) is 11.4 Å². The van der Waals surface area contributed by atoms with E-state index in [0.717, 1.165) is 24.3 Å². The fourth-order valence-corrected chi connectivity index (χ4v) is 2.67. The van der Waals surface area contributed by atoms with Gasteiger partial charge in [-0.15, -0.1) is 0 Å². The van der Waals surface area contributed by atoms with Crippen LogP contribution in [-0.2, 0) is 4.74 Å². The van der Waals surface area contributed by atoms with E-state index in [-0.39, 0.29) is 5.91 Å². The zero-order chi connectivity index (χ0) is 16.2. The number of nitrogens with one attached hydrogen (secondary N) is 1. The van der Waals surface area contributed by atoms with Gasteiger partial charge in [0, 0.05) is 35.7 Å². The fourth-order valence-electron chi connectivity index (χ4n) is 2.49. The number of benzene rings is 1. The molecule has 0 bridgehead atoms. The number of aromatic nitrogens is 1. The molecule has 3 rings (SSSR count). The Bertz CT molecular complexity index is 715. The molecule has 5 nitrogen and oxygen atoms in total. The summed E-state index contributed by atoms with van der Waals surface area (Å²) in [5, 5.41) is 3.49. The first-order chi connectivity index (χ1) is 11.1. The van der Waals surface area contributed by atoms with Crippen LogP contribution in [0.2, 0.25) is 5.02 Å². The molecule has 2 aromatic rings. The van der Waals surface area contributed by atoms with Gasteiger partial charge in [-0.25, -0.2) is 0 Å². The largest absolute Gasteiger partial charge is 0.378 e. The topological polar surface area (TPSA) is 54.5 Å². The Hall–Kier alpha value is -2.11. The molecule has 1 saturated heterocycles. The number of nitrogens with zero attached hydrogens (tertiary/aromatic N) is 2. The van der Waals surface area contributed by atoms with Crippen molar-refractivity contribution in [3.05, 3.63) is 52.8 Å². The van der Waals surface area contributed by atoms with Crippen molar-refractivity contribution in [2.75, 3.05) is 36.5 Å². The molecular formula is C17H18ClN3O2. The molecule has 1 fully saturated rings. The molecule has 1 N–H and O–H groups in total. The van der Waals surface area contributed by atoms with Crippen LogP contribution >= 0.6 is 11.6 Å². The number of carbonyl (C=O) groups is 1. The van der Waals surface area contributed by atoms with E-state index in [1.807, 2.05) is 25.1 Å². The van der Waals surface area contributed by atoms with Crippen molar-refractivity contribution < 1.29 is 9.53 Å². The molecule has 0 aliphatic carbocycles. The van der Waals surface area contributed by atoms with Gasteiger partial charge in [0.05, 0.1) is 13.2 Å². The minimum atomic E-state index is -0.245. The Balaban J connectivity index is 1.78. The van der Waals surface area contributed by atoms with Gasteiger partial charge in [-0.3, -0.25) is 9.78 Å². The molecule has 0 radical (unpaired) electrons. The third-order valence-electron chi connectivity index (χ3n) is 3.87. The van der Waals surface area contributed by atoms with Crippen LogP contribution in [0.3, 0.4) is 0 Å². The van der Waals surface area contributed by atoms with E-state index in [0.29, 0.717) is 29.6 Å². The second-order valence-electron chi connectivity index (χ2n) is 5.37. The molecule has 0 atom stereocenters. The van der Waals surface area contributed by atoms with E-state index in [4.69, 9.17) is 16.3 Å². The summed E-state index contributed by atoms with van der Waals surface area (Å²) < 4.78 is 5.35. The number of amides is 1. The average Bonchev–Trinajstić information content (AvgIpc) is 2.60. The van der Waals surface area contributed by atoms with Crippen LogP contribution in [-0.4, -0.2) is 37.2 Å². The van der Waals surface area contributed by atoms with Gasteiger partial charge in [-0.05, 0) is 36.8 Å². The molecule has 1 aromatic heterocycles. The maximum Gasteiger partial charge on any atom is 0.274 e. The molecule has 1 aliphatic rings. The molecular weight excluding hydrogens is 314 g/mol. The summed E-state index contributed by atoms with van der Waals surface area (Å²) in [4.78, 5) is 18.8. The van der Waals surface area contributed by atoms with Crippen molar-refractivity contribution in [1.82, 2.24) is 4.98 Å². The van der Waals surface area contributed by atoms with E-state index in [2.05, 4.69) is 15.2 Å². The Morgan fingerprint density at radius 1 is 1.30 bits per heavy atom. The van der Waals surface area contributed by atoms with Crippen LogP contribution < -0.4 is 10.2 Å². The highest BCUT2D eigenvalue weighted by Crippen LogP contribution is 2.24. The van der Waals surface area contributed by atoms with Crippen LogP contribution in [0.5, 0.6) is 0 Å². The maximum absolute atomic E-state index is 12.5. The second-order valence-corrected chi connectivity index (χ2v) is 5.77. The normalized spacial score (nSPS) is 14.6. The van der Waals surface area contributed by atoms with Crippen molar-refractivity contribution >= 4 is 28.9 Å². The molecule has 1 aromatic carbocycles. The van der Waals surface area contributed by atoms with Crippen molar-refractivity contribution in [2.24, 2.45) is 0 Å². The molecule has 120 valence electrons. The number of pyridine rings is 1. The highest BCUT2D eigenvalue weighted by molar-refractivity contribution is 6.31. The number of halogens is 1.